The van der Waals surface area contributed by atoms with Crippen LogP contribution in [0.15, 0.2) is 48.5 Å². The Hall–Kier alpha value is -2.18. The quantitative estimate of drug-likeness (QED) is 0.873. The van der Waals surface area contributed by atoms with E-state index in [0.717, 1.165) is 12.8 Å². The number of aryl methyl sites for hydroxylation is 1. The van der Waals surface area contributed by atoms with Gasteiger partial charge in [0.05, 0.1) is 5.75 Å². The fourth-order valence-electron chi connectivity index (χ4n) is 3.26. The van der Waals surface area contributed by atoms with Crippen molar-refractivity contribution in [1.82, 2.24) is 0 Å². The Morgan fingerprint density at radius 3 is 2.75 bits per heavy atom. The summed E-state index contributed by atoms with van der Waals surface area (Å²) in [5.41, 5.74) is 3.73. The van der Waals surface area contributed by atoms with Gasteiger partial charge in [-0.1, -0.05) is 36.4 Å². The van der Waals surface area contributed by atoms with Gasteiger partial charge in [0.25, 0.3) is 0 Å². The SMILES string of the molecule is NS(=O)(=O)Cc1cccc(NC(=O)CC2CCc3ccccc32)c1. The van der Waals surface area contributed by atoms with Crippen LogP contribution < -0.4 is 10.5 Å². The van der Waals surface area contributed by atoms with Gasteiger partial charge < -0.3 is 5.32 Å². The molecule has 1 unspecified atom stereocenters. The standard InChI is InChI=1S/C18H20N2O3S/c19-24(22,23)12-13-4-3-6-16(10-13)20-18(21)11-15-9-8-14-5-1-2-7-17(14)15/h1-7,10,15H,8-9,11-12H2,(H,20,21)(H2,19,22,23). The van der Waals surface area contributed by atoms with Crippen LogP contribution in [0.4, 0.5) is 5.69 Å². The van der Waals surface area contributed by atoms with Crippen molar-refractivity contribution in [2.45, 2.75) is 30.9 Å². The third-order valence-electron chi connectivity index (χ3n) is 4.27. The van der Waals surface area contributed by atoms with E-state index >= 15 is 0 Å². The number of fused-ring (bicyclic) bond motifs is 1. The molecule has 1 amide bonds. The smallest absolute Gasteiger partial charge is 0.224 e. The van der Waals surface area contributed by atoms with Crippen LogP contribution in [0.3, 0.4) is 0 Å². The molecule has 1 aliphatic rings. The lowest BCUT2D eigenvalue weighted by atomic mass is 9.97. The van der Waals surface area contributed by atoms with E-state index in [4.69, 9.17) is 5.14 Å². The van der Waals surface area contributed by atoms with Crippen LogP contribution in [-0.4, -0.2) is 14.3 Å². The van der Waals surface area contributed by atoms with E-state index < -0.39 is 10.0 Å². The van der Waals surface area contributed by atoms with Crippen molar-refractivity contribution in [2.75, 3.05) is 5.32 Å². The molecule has 24 heavy (non-hydrogen) atoms. The van der Waals surface area contributed by atoms with E-state index in [9.17, 15) is 13.2 Å². The van der Waals surface area contributed by atoms with Crippen molar-refractivity contribution in [3.63, 3.8) is 0 Å². The van der Waals surface area contributed by atoms with Crippen molar-refractivity contribution in [3.8, 4) is 0 Å². The van der Waals surface area contributed by atoms with Crippen LogP contribution >= 0.6 is 0 Å². The number of benzene rings is 2. The van der Waals surface area contributed by atoms with Gasteiger partial charge in [0.2, 0.25) is 15.9 Å². The first-order valence-electron chi connectivity index (χ1n) is 7.88. The van der Waals surface area contributed by atoms with Gasteiger partial charge in [0, 0.05) is 12.1 Å². The number of carbonyl (C=O) groups is 1. The van der Waals surface area contributed by atoms with Crippen molar-refractivity contribution >= 4 is 21.6 Å². The number of primary sulfonamides is 1. The molecule has 2 aromatic rings. The Labute approximate surface area is 141 Å². The van der Waals surface area contributed by atoms with Crippen LogP contribution in [0, 0.1) is 0 Å². The zero-order valence-corrected chi connectivity index (χ0v) is 14.1. The second-order valence-electron chi connectivity index (χ2n) is 6.19. The molecule has 0 saturated heterocycles. The lowest BCUT2D eigenvalue weighted by Crippen LogP contribution is -2.16. The van der Waals surface area contributed by atoms with E-state index in [-0.39, 0.29) is 17.6 Å². The molecule has 5 nitrogen and oxygen atoms in total. The van der Waals surface area contributed by atoms with E-state index in [0.29, 0.717) is 17.7 Å². The molecule has 2 aromatic carbocycles. The van der Waals surface area contributed by atoms with Crippen LogP contribution in [0.5, 0.6) is 0 Å². The number of nitrogens with one attached hydrogen (secondary N) is 1. The van der Waals surface area contributed by atoms with E-state index in [1.165, 1.54) is 11.1 Å². The van der Waals surface area contributed by atoms with E-state index in [1.807, 2.05) is 12.1 Å². The minimum atomic E-state index is -3.59. The summed E-state index contributed by atoms with van der Waals surface area (Å²) in [6.45, 7) is 0. The molecule has 126 valence electrons. The monoisotopic (exact) mass is 344 g/mol. The minimum Gasteiger partial charge on any atom is -0.326 e. The third-order valence-corrected chi connectivity index (χ3v) is 5.00. The largest absolute Gasteiger partial charge is 0.326 e. The summed E-state index contributed by atoms with van der Waals surface area (Å²) in [7, 11) is -3.59. The highest BCUT2D eigenvalue weighted by Gasteiger charge is 2.24. The molecule has 6 heteroatoms. The number of nitrogens with two attached hydrogens (primary N) is 1. The van der Waals surface area contributed by atoms with Gasteiger partial charge in [-0.15, -0.1) is 0 Å². The van der Waals surface area contributed by atoms with Gasteiger partial charge in [-0.05, 0) is 47.6 Å². The molecule has 1 atom stereocenters. The summed E-state index contributed by atoms with van der Waals surface area (Å²) in [6, 6.07) is 15.0. The first kappa shape index (κ1) is 16.7. The maximum absolute atomic E-state index is 12.3. The fourth-order valence-corrected chi connectivity index (χ4v) is 3.91. The molecule has 0 spiro atoms. The number of sulfonamides is 1. The van der Waals surface area contributed by atoms with E-state index in [2.05, 4.69) is 17.4 Å². The van der Waals surface area contributed by atoms with Gasteiger partial charge in [-0.3, -0.25) is 4.79 Å². The Balaban J connectivity index is 1.65. The summed E-state index contributed by atoms with van der Waals surface area (Å²) < 4.78 is 22.3. The zero-order valence-electron chi connectivity index (χ0n) is 13.2. The molecule has 3 rings (SSSR count). The number of anilines is 1. The zero-order chi connectivity index (χ0) is 17.2. The first-order valence-corrected chi connectivity index (χ1v) is 9.59. The highest BCUT2D eigenvalue weighted by atomic mass is 32.2. The Kier molecular flexibility index (Phi) is 4.69. The summed E-state index contributed by atoms with van der Waals surface area (Å²) in [5, 5.41) is 7.91. The Morgan fingerprint density at radius 1 is 1.17 bits per heavy atom. The van der Waals surface area contributed by atoms with E-state index in [1.54, 1.807) is 24.3 Å². The molecule has 0 fully saturated rings. The molecule has 3 N–H and O–H groups in total. The average molecular weight is 344 g/mol. The number of carbonyl (C=O) groups excluding carboxylic acids is 1. The number of hydrogen-bond acceptors (Lipinski definition) is 3. The summed E-state index contributed by atoms with van der Waals surface area (Å²) >= 11 is 0. The van der Waals surface area contributed by atoms with Crippen molar-refractivity contribution in [3.05, 3.63) is 65.2 Å². The number of amides is 1. The lowest BCUT2D eigenvalue weighted by molar-refractivity contribution is -0.116. The molecule has 0 saturated carbocycles. The maximum atomic E-state index is 12.3. The maximum Gasteiger partial charge on any atom is 0.224 e. The highest BCUT2D eigenvalue weighted by Crippen LogP contribution is 2.35. The van der Waals surface area contributed by atoms with Gasteiger partial charge in [-0.2, -0.15) is 0 Å². The molecule has 0 aliphatic heterocycles. The van der Waals surface area contributed by atoms with Crippen LogP contribution in [0.25, 0.3) is 0 Å². The first-order chi connectivity index (χ1) is 11.4. The molecule has 1 aliphatic carbocycles. The van der Waals surface area contributed by atoms with Crippen LogP contribution in [0.2, 0.25) is 0 Å². The van der Waals surface area contributed by atoms with Crippen LogP contribution in [-0.2, 0) is 27.0 Å². The second kappa shape index (κ2) is 6.75. The summed E-state index contributed by atoms with van der Waals surface area (Å²) in [6.07, 6.45) is 2.42. The second-order valence-corrected chi connectivity index (χ2v) is 7.81. The number of rotatable bonds is 5. The highest BCUT2D eigenvalue weighted by molar-refractivity contribution is 7.88. The van der Waals surface area contributed by atoms with Crippen molar-refractivity contribution < 1.29 is 13.2 Å². The third kappa shape index (κ3) is 4.21. The number of hydrogen-bond donors (Lipinski definition) is 2. The normalized spacial score (nSPS) is 16.6. The topological polar surface area (TPSA) is 89.3 Å². The molecular weight excluding hydrogens is 324 g/mol. The predicted molar refractivity (Wildman–Crippen MR) is 94.0 cm³/mol. The van der Waals surface area contributed by atoms with Crippen LogP contribution in [0.1, 0.15) is 35.4 Å². The molecule has 0 radical (unpaired) electrons. The molecule has 0 heterocycles. The molecular formula is C18H20N2O3S. The Bertz CT molecular complexity index is 862. The van der Waals surface area contributed by atoms with Gasteiger partial charge in [0.15, 0.2) is 0 Å². The van der Waals surface area contributed by atoms with Gasteiger partial charge in [0.1, 0.15) is 0 Å². The Morgan fingerprint density at radius 2 is 1.96 bits per heavy atom. The summed E-state index contributed by atoms with van der Waals surface area (Å²) in [5.74, 6) is -0.0644. The minimum absolute atomic E-state index is 0.0653. The molecule has 0 bridgehead atoms. The fraction of sp³-hybridized carbons (Fsp3) is 0.278. The predicted octanol–water partition coefficient (Wildman–Crippen LogP) is 2.53. The van der Waals surface area contributed by atoms with Crippen molar-refractivity contribution in [1.29, 1.82) is 0 Å². The van der Waals surface area contributed by atoms with Gasteiger partial charge in [-0.25, -0.2) is 13.6 Å². The van der Waals surface area contributed by atoms with Crippen molar-refractivity contribution in [2.24, 2.45) is 5.14 Å². The lowest BCUT2D eigenvalue weighted by Gasteiger charge is -2.12. The molecule has 0 aromatic heterocycles. The van der Waals surface area contributed by atoms with Gasteiger partial charge >= 0.3 is 0 Å². The summed E-state index contributed by atoms with van der Waals surface area (Å²) in [4.78, 5) is 12.3. The average Bonchev–Trinajstić information content (AvgIpc) is 2.89.